The Labute approximate surface area is 111 Å². The number of anilines is 1. The molecular weight excluding hydrogens is 246 g/mol. The summed E-state index contributed by atoms with van der Waals surface area (Å²) in [7, 11) is 1.58. The van der Waals surface area contributed by atoms with Crippen LogP contribution in [0.25, 0.3) is 11.4 Å². The molecule has 0 saturated carbocycles. The van der Waals surface area contributed by atoms with Gasteiger partial charge in [-0.15, -0.1) is 5.10 Å². The molecule has 0 aliphatic rings. The lowest BCUT2D eigenvalue weighted by Crippen LogP contribution is -2.09. The molecule has 2 N–H and O–H groups in total. The molecule has 2 rings (SSSR count). The van der Waals surface area contributed by atoms with E-state index in [4.69, 9.17) is 15.2 Å². The molecule has 102 valence electrons. The summed E-state index contributed by atoms with van der Waals surface area (Å²) in [4.78, 5) is 0. The van der Waals surface area contributed by atoms with Crippen LogP contribution in [0, 0.1) is 0 Å². The Morgan fingerprint density at radius 1 is 1.37 bits per heavy atom. The second kappa shape index (κ2) is 6.14. The minimum absolute atomic E-state index is 0.555. The largest absolute Gasteiger partial charge is 0.495 e. The van der Waals surface area contributed by atoms with E-state index in [0.717, 1.165) is 5.56 Å². The Kier molecular flexibility index (Phi) is 4.30. The molecule has 0 bridgehead atoms. The summed E-state index contributed by atoms with van der Waals surface area (Å²) in [5.74, 6) is 1.30. The van der Waals surface area contributed by atoms with Crippen LogP contribution in [0.3, 0.4) is 0 Å². The van der Waals surface area contributed by atoms with E-state index in [9.17, 15) is 0 Å². The molecule has 0 spiro atoms. The molecule has 1 aromatic carbocycles. The highest BCUT2D eigenvalue weighted by Crippen LogP contribution is 2.26. The zero-order chi connectivity index (χ0) is 13.7. The molecule has 19 heavy (non-hydrogen) atoms. The summed E-state index contributed by atoms with van der Waals surface area (Å²) in [6.07, 6.45) is 0. The molecule has 0 fully saturated rings. The van der Waals surface area contributed by atoms with Crippen LogP contribution in [0.1, 0.15) is 6.92 Å². The van der Waals surface area contributed by atoms with Crippen molar-refractivity contribution in [3.63, 3.8) is 0 Å². The third kappa shape index (κ3) is 3.00. The van der Waals surface area contributed by atoms with Gasteiger partial charge in [0.2, 0.25) is 0 Å². The lowest BCUT2D eigenvalue weighted by molar-refractivity contribution is 0.136. The molecule has 0 radical (unpaired) electrons. The summed E-state index contributed by atoms with van der Waals surface area (Å²) in [5.41, 5.74) is 7.28. The summed E-state index contributed by atoms with van der Waals surface area (Å²) >= 11 is 0. The predicted molar refractivity (Wildman–Crippen MR) is 70.7 cm³/mol. The average molecular weight is 263 g/mol. The SMILES string of the molecule is CCOCCn1nnnc1-c1ccc(OC)c(N)c1. The number of hydrogen-bond acceptors (Lipinski definition) is 6. The Morgan fingerprint density at radius 2 is 2.21 bits per heavy atom. The van der Waals surface area contributed by atoms with Crippen molar-refractivity contribution in [2.24, 2.45) is 0 Å². The lowest BCUT2D eigenvalue weighted by Gasteiger charge is -2.07. The Hall–Kier alpha value is -2.15. The first-order valence-electron chi connectivity index (χ1n) is 6.04. The van der Waals surface area contributed by atoms with E-state index in [-0.39, 0.29) is 0 Å². The van der Waals surface area contributed by atoms with Crippen molar-refractivity contribution >= 4 is 5.69 Å². The van der Waals surface area contributed by atoms with E-state index in [1.54, 1.807) is 23.9 Å². The monoisotopic (exact) mass is 263 g/mol. The minimum Gasteiger partial charge on any atom is -0.495 e. The highest BCUT2D eigenvalue weighted by atomic mass is 16.5. The van der Waals surface area contributed by atoms with Crippen LogP contribution in [0.15, 0.2) is 18.2 Å². The molecule has 7 nitrogen and oxygen atoms in total. The van der Waals surface area contributed by atoms with Crippen LogP contribution >= 0.6 is 0 Å². The summed E-state index contributed by atoms with van der Waals surface area (Å²) < 4.78 is 12.1. The lowest BCUT2D eigenvalue weighted by atomic mass is 10.2. The highest BCUT2D eigenvalue weighted by molar-refractivity contribution is 5.66. The Balaban J connectivity index is 2.22. The van der Waals surface area contributed by atoms with Crippen molar-refractivity contribution in [1.29, 1.82) is 0 Å². The molecule has 0 unspecified atom stereocenters. The third-order valence-electron chi connectivity index (χ3n) is 2.67. The average Bonchev–Trinajstić information content (AvgIpc) is 2.87. The Bertz CT molecular complexity index is 541. The van der Waals surface area contributed by atoms with Gasteiger partial charge in [-0.25, -0.2) is 4.68 Å². The van der Waals surface area contributed by atoms with E-state index in [0.29, 0.717) is 37.0 Å². The first kappa shape index (κ1) is 13.3. The summed E-state index contributed by atoms with van der Waals surface area (Å²) in [6, 6.07) is 5.46. The van der Waals surface area contributed by atoms with E-state index < -0.39 is 0 Å². The van der Waals surface area contributed by atoms with Crippen molar-refractivity contribution in [3.05, 3.63) is 18.2 Å². The van der Waals surface area contributed by atoms with Crippen molar-refractivity contribution < 1.29 is 9.47 Å². The minimum atomic E-state index is 0.555. The third-order valence-corrected chi connectivity index (χ3v) is 2.67. The number of nitrogen functional groups attached to an aromatic ring is 1. The highest BCUT2D eigenvalue weighted by Gasteiger charge is 2.10. The van der Waals surface area contributed by atoms with E-state index in [1.165, 1.54) is 0 Å². The van der Waals surface area contributed by atoms with Crippen LogP contribution in [-0.2, 0) is 11.3 Å². The molecular formula is C12H17N5O2. The van der Waals surface area contributed by atoms with Gasteiger partial charge in [0, 0.05) is 12.2 Å². The number of rotatable bonds is 6. The number of nitrogens with zero attached hydrogens (tertiary/aromatic N) is 4. The number of benzene rings is 1. The second-order valence-corrected chi connectivity index (χ2v) is 3.88. The maximum absolute atomic E-state index is 5.88. The summed E-state index contributed by atoms with van der Waals surface area (Å²) in [5, 5.41) is 11.6. The van der Waals surface area contributed by atoms with Crippen LogP contribution in [0.2, 0.25) is 0 Å². The smallest absolute Gasteiger partial charge is 0.182 e. The van der Waals surface area contributed by atoms with Gasteiger partial charge in [0.05, 0.1) is 25.9 Å². The molecule has 2 aromatic rings. The van der Waals surface area contributed by atoms with Gasteiger partial charge in [-0.05, 0) is 35.5 Å². The number of methoxy groups -OCH3 is 1. The number of hydrogen-bond donors (Lipinski definition) is 1. The van der Waals surface area contributed by atoms with Crippen LogP contribution < -0.4 is 10.5 Å². The Morgan fingerprint density at radius 3 is 2.89 bits per heavy atom. The van der Waals surface area contributed by atoms with Gasteiger partial charge in [-0.2, -0.15) is 0 Å². The number of tetrazole rings is 1. The number of ether oxygens (including phenoxy) is 2. The number of aromatic nitrogens is 4. The molecule has 0 saturated heterocycles. The number of nitrogens with two attached hydrogens (primary N) is 1. The molecule has 1 aromatic heterocycles. The first-order valence-corrected chi connectivity index (χ1v) is 6.04. The fourth-order valence-corrected chi connectivity index (χ4v) is 1.73. The standard InChI is InChI=1S/C12H17N5O2/c1-3-19-7-6-17-12(14-15-16-17)9-4-5-11(18-2)10(13)8-9/h4-5,8H,3,6-7,13H2,1-2H3. The van der Waals surface area contributed by atoms with Crippen molar-refractivity contribution in [3.8, 4) is 17.1 Å². The molecule has 0 atom stereocenters. The van der Waals surface area contributed by atoms with Gasteiger partial charge >= 0.3 is 0 Å². The van der Waals surface area contributed by atoms with Crippen molar-refractivity contribution in [2.75, 3.05) is 26.1 Å². The van der Waals surface area contributed by atoms with Gasteiger partial charge in [0.1, 0.15) is 5.75 Å². The van der Waals surface area contributed by atoms with E-state index in [2.05, 4.69) is 15.5 Å². The zero-order valence-electron chi connectivity index (χ0n) is 11.0. The normalized spacial score (nSPS) is 10.6. The fourth-order valence-electron chi connectivity index (χ4n) is 1.73. The van der Waals surface area contributed by atoms with Crippen LogP contribution in [0.4, 0.5) is 5.69 Å². The van der Waals surface area contributed by atoms with Crippen LogP contribution in [0.5, 0.6) is 5.75 Å². The van der Waals surface area contributed by atoms with Gasteiger partial charge in [-0.1, -0.05) is 0 Å². The second-order valence-electron chi connectivity index (χ2n) is 3.88. The van der Waals surface area contributed by atoms with Crippen molar-refractivity contribution in [1.82, 2.24) is 20.2 Å². The maximum Gasteiger partial charge on any atom is 0.182 e. The molecule has 0 aliphatic carbocycles. The van der Waals surface area contributed by atoms with Gasteiger partial charge < -0.3 is 15.2 Å². The first-order chi connectivity index (χ1) is 9.26. The van der Waals surface area contributed by atoms with E-state index >= 15 is 0 Å². The molecule has 0 aliphatic heterocycles. The molecule has 1 heterocycles. The maximum atomic E-state index is 5.88. The molecule has 0 amide bonds. The van der Waals surface area contributed by atoms with Crippen LogP contribution in [-0.4, -0.2) is 40.5 Å². The fraction of sp³-hybridized carbons (Fsp3) is 0.417. The van der Waals surface area contributed by atoms with Gasteiger partial charge in [0.15, 0.2) is 5.82 Å². The van der Waals surface area contributed by atoms with Gasteiger partial charge in [-0.3, -0.25) is 0 Å². The topological polar surface area (TPSA) is 88.1 Å². The zero-order valence-corrected chi connectivity index (χ0v) is 11.0. The quantitative estimate of drug-likeness (QED) is 0.617. The van der Waals surface area contributed by atoms with Crippen molar-refractivity contribution in [2.45, 2.75) is 13.5 Å². The van der Waals surface area contributed by atoms with Gasteiger partial charge in [0.25, 0.3) is 0 Å². The molecule has 7 heteroatoms. The van der Waals surface area contributed by atoms with E-state index in [1.807, 2.05) is 13.0 Å². The predicted octanol–water partition coefficient (Wildman–Crippen LogP) is 0.967. The summed E-state index contributed by atoms with van der Waals surface area (Å²) in [6.45, 7) is 3.79.